The number of morpholine rings is 1. The molecule has 1 aliphatic rings. The lowest BCUT2D eigenvalue weighted by Gasteiger charge is -2.30. The van der Waals surface area contributed by atoms with Crippen LogP contribution in [-0.4, -0.2) is 51.1 Å². The van der Waals surface area contributed by atoms with Gasteiger partial charge in [0.1, 0.15) is 11.3 Å². The largest absolute Gasteiger partial charge is 0.375 e. The molecule has 2 aromatic rings. The molecule has 0 saturated carbocycles. The van der Waals surface area contributed by atoms with E-state index in [9.17, 15) is 14.4 Å². The summed E-state index contributed by atoms with van der Waals surface area (Å²) in [7, 11) is 1.50. The topological polar surface area (TPSA) is 97.3 Å². The molecule has 8 heteroatoms. The lowest BCUT2D eigenvalue weighted by Crippen LogP contribution is -2.44. The van der Waals surface area contributed by atoms with Crippen molar-refractivity contribution in [1.29, 1.82) is 0 Å². The molecule has 1 fully saturated rings. The van der Waals surface area contributed by atoms with Crippen LogP contribution in [0.1, 0.15) is 17.4 Å². The van der Waals surface area contributed by atoms with E-state index in [4.69, 9.17) is 4.74 Å². The Balaban J connectivity index is 2.05. The number of hydrogen-bond donors (Lipinski definition) is 1. The maximum atomic E-state index is 12.5. The quantitative estimate of drug-likeness (QED) is 0.765. The minimum atomic E-state index is -0.561. The summed E-state index contributed by atoms with van der Waals surface area (Å²) in [5, 5.41) is 0.272. The second-order valence-corrected chi connectivity index (χ2v) is 5.32. The van der Waals surface area contributed by atoms with Crippen molar-refractivity contribution < 1.29 is 9.53 Å². The van der Waals surface area contributed by atoms with E-state index < -0.39 is 11.2 Å². The van der Waals surface area contributed by atoms with Gasteiger partial charge in [-0.3, -0.25) is 19.1 Å². The number of amides is 1. The van der Waals surface area contributed by atoms with Gasteiger partial charge >= 0.3 is 5.69 Å². The summed E-state index contributed by atoms with van der Waals surface area (Å²) in [6.45, 7) is 3.37. The van der Waals surface area contributed by atoms with Crippen molar-refractivity contribution in [1.82, 2.24) is 19.4 Å². The van der Waals surface area contributed by atoms with E-state index in [2.05, 4.69) is 9.97 Å². The molecule has 0 radical (unpaired) electrons. The lowest BCUT2D eigenvalue weighted by atomic mass is 10.2. The number of H-pyrrole nitrogens is 1. The molecular weight excluding hydrogens is 288 g/mol. The van der Waals surface area contributed by atoms with Crippen LogP contribution < -0.4 is 11.2 Å². The highest BCUT2D eigenvalue weighted by molar-refractivity contribution is 5.94. The van der Waals surface area contributed by atoms with Gasteiger partial charge in [0.15, 0.2) is 0 Å². The van der Waals surface area contributed by atoms with Gasteiger partial charge in [-0.15, -0.1) is 0 Å². The Labute approximate surface area is 125 Å². The molecule has 1 atom stereocenters. The number of carbonyl (C=O) groups excluding carboxylic acids is 1. The summed E-state index contributed by atoms with van der Waals surface area (Å²) in [4.78, 5) is 44.0. The van der Waals surface area contributed by atoms with Crippen molar-refractivity contribution in [3.8, 4) is 0 Å². The van der Waals surface area contributed by atoms with Crippen molar-refractivity contribution in [3.63, 3.8) is 0 Å². The van der Waals surface area contributed by atoms with Gasteiger partial charge in [-0.05, 0) is 19.1 Å². The molecule has 0 aromatic carbocycles. The third kappa shape index (κ3) is 2.41. The smallest absolute Gasteiger partial charge is 0.329 e. The lowest BCUT2D eigenvalue weighted by molar-refractivity contribution is -0.0126. The Bertz CT molecular complexity index is 854. The maximum Gasteiger partial charge on any atom is 0.329 e. The summed E-state index contributed by atoms with van der Waals surface area (Å²) in [5.74, 6) is -0.232. The van der Waals surface area contributed by atoms with Gasteiger partial charge in [-0.25, -0.2) is 9.78 Å². The first-order valence-corrected chi connectivity index (χ1v) is 6.98. The molecule has 0 bridgehead atoms. The number of ether oxygens (including phenoxy) is 1. The third-order valence-electron chi connectivity index (χ3n) is 3.71. The van der Waals surface area contributed by atoms with E-state index >= 15 is 0 Å². The van der Waals surface area contributed by atoms with Gasteiger partial charge in [0.2, 0.25) is 0 Å². The normalized spacial score (nSPS) is 18.6. The fraction of sp³-hybridized carbons (Fsp3) is 0.429. The first-order valence-electron chi connectivity index (χ1n) is 6.98. The number of pyridine rings is 1. The summed E-state index contributed by atoms with van der Waals surface area (Å²) in [6, 6.07) is 3.02. The molecule has 3 heterocycles. The van der Waals surface area contributed by atoms with E-state index in [1.807, 2.05) is 6.92 Å². The number of nitrogens with one attached hydrogen (secondary N) is 1. The van der Waals surface area contributed by atoms with Crippen LogP contribution in [0.3, 0.4) is 0 Å². The second-order valence-electron chi connectivity index (χ2n) is 5.32. The van der Waals surface area contributed by atoms with Crippen LogP contribution in [0.4, 0.5) is 0 Å². The number of aryl methyl sites for hydroxylation is 1. The van der Waals surface area contributed by atoms with Crippen molar-refractivity contribution in [3.05, 3.63) is 38.7 Å². The van der Waals surface area contributed by atoms with Gasteiger partial charge in [0.05, 0.1) is 18.1 Å². The third-order valence-corrected chi connectivity index (χ3v) is 3.71. The zero-order valence-corrected chi connectivity index (χ0v) is 12.3. The monoisotopic (exact) mass is 304 g/mol. The number of rotatable bonds is 1. The maximum absolute atomic E-state index is 12.5. The van der Waals surface area contributed by atoms with E-state index in [-0.39, 0.29) is 28.7 Å². The molecular formula is C14H16N4O4. The van der Waals surface area contributed by atoms with Crippen molar-refractivity contribution >= 4 is 16.9 Å². The molecule has 0 spiro atoms. The molecule has 3 rings (SSSR count). The average molecular weight is 304 g/mol. The molecule has 22 heavy (non-hydrogen) atoms. The summed E-state index contributed by atoms with van der Waals surface area (Å²) >= 11 is 0. The summed E-state index contributed by atoms with van der Waals surface area (Å²) in [6.07, 6.45) is -0.0228. The number of nitrogens with zero attached hydrogens (tertiary/aromatic N) is 3. The summed E-state index contributed by atoms with van der Waals surface area (Å²) in [5.41, 5.74) is -0.665. The standard InChI is InChI=1S/C14H16N4O4/c1-8-7-18(5-6-22-8)13(20)10-4-3-9-11(15-10)17(2)14(21)16-12(9)19/h3-4,8H,5-7H2,1-2H3,(H,16,19,21)/t8-/m0/s1. The Morgan fingerprint density at radius 3 is 2.91 bits per heavy atom. The highest BCUT2D eigenvalue weighted by Crippen LogP contribution is 2.11. The Morgan fingerprint density at radius 2 is 2.18 bits per heavy atom. The van der Waals surface area contributed by atoms with Crippen LogP contribution >= 0.6 is 0 Å². The van der Waals surface area contributed by atoms with E-state index in [0.717, 1.165) is 0 Å². The van der Waals surface area contributed by atoms with Crippen molar-refractivity contribution in [2.75, 3.05) is 19.7 Å². The Hall–Kier alpha value is -2.48. The Morgan fingerprint density at radius 1 is 1.41 bits per heavy atom. The molecule has 1 saturated heterocycles. The predicted molar refractivity (Wildman–Crippen MR) is 78.9 cm³/mol. The van der Waals surface area contributed by atoms with Crippen LogP contribution in [0.5, 0.6) is 0 Å². The SMILES string of the molecule is C[C@H]1CN(C(=O)c2ccc3c(=O)[nH]c(=O)n(C)c3n2)CCO1. The molecule has 0 aliphatic carbocycles. The van der Waals surface area contributed by atoms with E-state index in [1.54, 1.807) is 4.90 Å². The zero-order chi connectivity index (χ0) is 15.9. The average Bonchev–Trinajstić information content (AvgIpc) is 2.51. The zero-order valence-electron chi connectivity index (χ0n) is 12.3. The van der Waals surface area contributed by atoms with Crippen LogP contribution in [-0.2, 0) is 11.8 Å². The summed E-state index contributed by atoms with van der Waals surface area (Å²) < 4.78 is 6.63. The highest BCUT2D eigenvalue weighted by Gasteiger charge is 2.23. The van der Waals surface area contributed by atoms with Gasteiger partial charge < -0.3 is 9.64 Å². The van der Waals surface area contributed by atoms with Crippen LogP contribution in [0.25, 0.3) is 11.0 Å². The molecule has 2 aromatic heterocycles. The van der Waals surface area contributed by atoms with Gasteiger partial charge in [-0.1, -0.05) is 0 Å². The number of aromatic nitrogens is 3. The molecule has 116 valence electrons. The van der Waals surface area contributed by atoms with E-state index in [0.29, 0.717) is 19.7 Å². The fourth-order valence-corrected chi connectivity index (χ4v) is 2.51. The molecule has 1 aliphatic heterocycles. The molecule has 8 nitrogen and oxygen atoms in total. The first kappa shape index (κ1) is 14.5. The van der Waals surface area contributed by atoms with Gasteiger partial charge in [-0.2, -0.15) is 0 Å². The van der Waals surface area contributed by atoms with Crippen molar-refractivity contribution in [2.24, 2.45) is 7.05 Å². The van der Waals surface area contributed by atoms with Crippen LogP contribution in [0.2, 0.25) is 0 Å². The van der Waals surface area contributed by atoms with E-state index in [1.165, 1.54) is 23.7 Å². The number of aromatic amines is 1. The second kappa shape index (κ2) is 5.38. The van der Waals surface area contributed by atoms with Crippen LogP contribution in [0, 0.1) is 0 Å². The van der Waals surface area contributed by atoms with Gasteiger partial charge in [0, 0.05) is 20.1 Å². The van der Waals surface area contributed by atoms with Crippen LogP contribution in [0.15, 0.2) is 21.7 Å². The molecule has 1 N–H and O–H groups in total. The first-order chi connectivity index (χ1) is 10.5. The van der Waals surface area contributed by atoms with Gasteiger partial charge in [0.25, 0.3) is 11.5 Å². The van der Waals surface area contributed by atoms with Crippen molar-refractivity contribution in [2.45, 2.75) is 13.0 Å². The number of carbonyl (C=O) groups is 1. The minimum Gasteiger partial charge on any atom is -0.375 e. The number of fused-ring (bicyclic) bond motifs is 1. The Kier molecular flexibility index (Phi) is 3.53. The fourth-order valence-electron chi connectivity index (χ4n) is 2.51. The predicted octanol–water partition coefficient (Wildman–Crippen LogP) is -0.517. The number of hydrogen-bond acceptors (Lipinski definition) is 5. The highest BCUT2D eigenvalue weighted by atomic mass is 16.5. The molecule has 0 unspecified atom stereocenters. The molecule has 1 amide bonds. The minimum absolute atomic E-state index is 0.0228.